The van der Waals surface area contributed by atoms with Crippen LogP contribution in [0.1, 0.15) is 40.9 Å². The van der Waals surface area contributed by atoms with Gasteiger partial charge in [-0.05, 0) is 60.4 Å². The van der Waals surface area contributed by atoms with E-state index in [4.69, 9.17) is 0 Å². The molecule has 3 aromatic carbocycles. The van der Waals surface area contributed by atoms with E-state index in [1.54, 1.807) is 6.07 Å². The highest BCUT2D eigenvalue weighted by Gasteiger charge is 2.25. The molecule has 0 atom stereocenters. The van der Waals surface area contributed by atoms with Crippen molar-refractivity contribution in [3.8, 4) is 0 Å². The summed E-state index contributed by atoms with van der Waals surface area (Å²) in [6.45, 7) is 0.757. The third-order valence-electron chi connectivity index (χ3n) is 6.40. The molecule has 0 unspecified atom stereocenters. The number of aromatic nitrogens is 1. The molecular weight excluding hydrogens is 429 g/mol. The molecule has 1 fully saturated rings. The van der Waals surface area contributed by atoms with E-state index in [0.29, 0.717) is 24.5 Å². The molecule has 2 amide bonds. The number of halogens is 1. The summed E-state index contributed by atoms with van der Waals surface area (Å²) in [5, 5.41) is 6.83. The Morgan fingerprint density at radius 3 is 2.44 bits per heavy atom. The zero-order valence-electron chi connectivity index (χ0n) is 18.8. The first-order valence-electron chi connectivity index (χ1n) is 11.6. The van der Waals surface area contributed by atoms with E-state index in [-0.39, 0.29) is 23.5 Å². The third-order valence-corrected chi connectivity index (χ3v) is 6.40. The lowest BCUT2D eigenvalue weighted by molar-refractivity contribution is -0.122. The summed E-state index contributed by atoms with van der Waals surface area (Å²) in [5.41, 5.74) is 3.80. The molecule has 0 aliphatic heterocycles. The molecule has 34 heavy (non-hydrogen) atoms. The monoisotopic (exact) mass is 455 g/mol. The maximum atomic E-state index is 13.8. The van der Waals surface area contributed by atoms with Crippen molar-refractivity contribution in [2.45, 2.75) is 32.4 Å². The number of hydrogen-bond acceptors (Lipinski definition) is 2. The first-order valence-corrected chi connectivity index (χ1v) is 11.6. The molecule has 6 heteroatoms. The molecule has 1 heterocycles. The van der Waals surface area contributed by atoms with Crippen LogP contribution in [-0.2, 0) is 17.9 Å². The Hall–Kier alpha value is -3.93. The molecule has 5 rings (SSSR count). The summed E-state index contributed by atoms with van der Waals surface area (Å²) >= 11 is 0. The number of hydrogen-bond donors (Lipinski definition) is 2. The van der Waals surface area contributed by atoms with Gasteiger partial charge in [0.2, 0.25) is 5.91 Å². The van der Waals surface area contributed by atoms with E-state index < -0.39 is 0 Å². The minimum absolute atomic E-state index is 0.0469. The SMILES string of the molecule is O=C(NCc1ccccc1)c1cc2cc(NC(=O)C3CCC3)ccc2n1Cc1cccc(F)c1. The average molecular weight is 456 g/mol. The standard InChI is InChI=1S/C28H26FN3O2/c29-23-11-4-8-20(14-23)18-32-25-13-12-24(31-27(33)21-9-5-10-21)15-22(25)16-26(32)28(34)30-17-19-6-2-1-3-7-19/h1-4,6-8,11-16,21H,5,9-10,17-18H2,(H,30,34)(H,31,33). The summed E-state index contributed by atoms with van der Waals surface area (Å²) in [6.07, 6.45) is 2.97. The molecule has 1 aliphatic rings. The minimum Gasteiger partial charge on any atom is -0.347 e. The Morgan fingerprint density at radius 2 is 1.71 bits per heavy atom. The molecule has 0 saturated heterocycles. The zero-order valence-corrected chi connectivity index (χ0v) is 18.8. The molecule has 4 aromatic rings. The fourth-order valence-electron chi connectivity index (χ4n) is 4.31. The van der Waals surface area contributed by atoms with Crippen molar-refractivity contribution in [3.63, 3.8) is 0 Å². The maximum Gasteiger partial charge on any atom is 0.268 e. The van der Waals surface area contributed by atoms with Gasteiger partial charge < -0.3 is 15.2 Å². The van der Waals surface area contributed by atoms with Gasteiger partial charge in [0.15, 0.2) is 0 Å². The summed E-state index contributed by atoms with van der Waals surface area (Å²) in [4.78, 5) is 25.6. The lowest BCUT2D eigenvalue weighted by Gasteiger charge is -2.24. The summed E-state index contributed by atoms with van der Waals surface area (Å²) in [5.74, 6) is -0.389. The van der Waals surface area contributed by atoms with Gasteiger partial charge >= 0.3 is 0 Å². The number of carbonyl (C=O) groups is 2. The Kier molecular flexibility index (Phi) is 6.12. The normalized spacial score (nSPS) is 13.4. The minimum atomic E-state index is -0.315. The number of nitrogens with one attached hydrogen (secondary N) is 2. The largest absolute Gasteiger partial charge is 0.347 e. The van der Waals surface area contributed by atoms with Crippen LogP contribution in [0, 0.1) is 11.7 Å². The lowest BCUT2D eigenvalue weighted by atomic mass is 9.85. The summed E-state index contributed by atoms with van der Waals surface area (Å²) in [7, 11) is 0. The highest BCUT2D eigenvalue weighted by Crippen LogP contribution is 2.29. The molecule has 5 nitrogen and oxygen atoms in total. The summed E-state index contributed by atoms with van der Waals surface area (Å²) in [6, 6.07) is 23.6. The molecule has 0 spiro atoms. The second kappa shape index (κ2) is 9.51. The predicted molar refractivity (Wildman–Crippen MR) is 131 cm³/mol. The lowest BCUT2D eigenvalue weighted by Crippen LogP contribution is -2.27. The highest BCUT2D eigenvalue weighted by molar-refractivity contribution is 6.01. The van der Waals surface area contributed by atoms with Crippen LogP contribution in [-0.4, -0.2) is 16.4 Å². The Morgan fingerprint density at radius 1 is 0.912 bits per heavy atom. The smallest absolute Gasteiger partial charge is 0.268 e. The van der Waals surface area contributed by atoms with Gasteiger partial charge in [-0.1, -0.05) is 48.9 Å². The van der Waals surface area contributed by atoms with Crippen LogP contribution in [0.25, 0.3) is 10.9 Å². The number of benzene rings is 3. The predicted octanol–water partition coefficient (Wildman–Crippen LogP) is 5.50. The van der Waals surface area contributed by atoms with Crippen LogP contribution in [0.15, 0.2) is 78.9 Å². The van der Waals surface area contributed by atoms with E-state index >= 15 is 0 Å². The van der Waals surface area contributed by atoms with Crippen molar-refractivity contribution in [1.29, 1.82) is 0 Å². The fraction of sp³-hybridized carbons (Fsp3) is 0.214. The van der Waals surface area contributed by atoms with Crippen LogP contribution >= 0.6 is 0 Å². The van der Waals surface area contributed by atoms with Crippen molar-refractivity contribution >= 4 is 28.4 Å². The van der Waals surface area contributed by atoms with Crippen LogP contribution < -0.4 is 10.6 Å². The van der Waals surface area contributed by atoms with Crippen LogP contribution in [0.2, 0.25) is 0 Å². The molecule has 172 valence electrons. The van der Waals surface area contributed by atoms with Crippen molar-refractivity contribution in [3.05, 3.63) is 102 Å². The van der Waals surface area contributed by atoms with Crippen molar-refractivity contribution in [2.75, 3.05) is 5.32 Å². The van der Waals surface area contributed by atoms with Crippen LogP contribution in [0.3, 0.4) is 0 Å². The van der Waals surface area contributed by atoms with Crippen molar-refractivity contribution in [2.24, 2.45) is 5.92 Å². The number of amides is 2. The molecular formula is C28H26FN3O2. The number of nitrogens with zero attached hydrogens (tertiary/aromatic N) is 1. The average Bonchev–Trinajstić information content (AvgIpc) is 3.14. The van der Waals surface area contributed by atoms with Crippen LogP contribution in [0.5, 0.6) is 0 Å². The quantitative estimate of drug-likeness (QED) is 0.387. The van der Waals surface area contributed by atoms with Gasteiger partial charge in [-0.3, -0.25) is 9.59 Å². The van der Waals surface area contributed by atoms with Crippen LogP contribution in [0.4, 0.5) is 10.1 Å². The van der Waals surface area contributed by atoms with Gasteiger partial charge in [-0.25, -0.2) is 4.39 Å². The van der Waals surface area contributed by atoms with Crippen molar-refractivity contribution < 1.29 is 14.0 Å². The number of anilines is 1. The van der Waals surface area contributed by atoms with Gasteiger partial charge in [-0.15, -0.1) is 0 Å². The molecule has 0 radical (unpaired) electrons. The first-order chi connectivity index (χ1) is 16.6. The van der Waals surface area contributed by atoms with Gasteiger partial charge in [-0.2, -0.15) is 0 Å². The Balaban J connectivity index is 1.46. The van der Waals surface area contributed by atoms with E-state index in [0.717, 1.165) is 41.3 Å². The number of carbonyl (C=O) groups excluding carboxylic acids is 2. The molecule has 1 saturated carbocycles. The van der Waals surface area contributed by atoms with Crippen molar-refractivity contribution in [1.82, 2.24) is 9.88 Å². The van der Waals surface area contributed by atoms with Gasteiger partial charge in [0.25, 0.3) is 5.91 Å². The first kappa shape index (κ1) is 21.9. The summed E-state index contributed by atoms with van der Waals surface area (Å²) < 4.78 is 15.7. The number of fused-ring (bicyclic) bond motifs is 1. The molecule has 2 N–H and O–H groups in total. The van der Waals surface area contributed by atoms with E-state index in [9.17, 15) is 14.0 Å². The topological polar surface area (TPSA) is 63.1 Å². The Bertz CT molecular complexity index is 1340. The highest BCUT2D eigenvalue weighted by atomic mass is 19.1. The fourth-order valence-corrected chi connectivity index (χ4v) is 4.31. The van der Waals surface area contributed by atoms with Gasteiger partial charge in [0, 0.05) is 35.6 Å². The van der Waals surface area contributed by atoms with E-state index in [1.165, 1.54) is 12.1 Å². The molecule has 1 aromatic heterocycles. The second-order valence-electron chi connectivity index (χ2n) is 8.80. The van der Waals surface area contributed by atoms with Gasteiger partial charge in [0.1, 0.15) is 11.5 Å². The molecule has 1 aliphatic carbocycles. The molecule has 0 bridgehead atoms. The van der Waals surface area contributed by atoms with E-state index in [2.05, 4.69) is 10.6 Å². The zero-order chi connectivity index (χ0) is 23.5. The third kappa shape index (κ3) is 4.71. The van der Waals surface area contributed by atoms with Gasteiger partial charge in [0.05, 0.1) is 0 Å². The van der Waals surface area contributed by atoms with E-state index in [1.807, 2.05) is 65.2 Å². The second-order valence-corrected chi connectivity index (χ2v) is 8.80. The maximum absolute atomic E-state index is 13.8. The Labute approximate surface area is 197 Å². The number of rotatable bonds is 7.